The zero-order valence-corrected chi connectivity index (χ0v) is 15.0. The summed E-state index contributed by atoms with van der Waals surface area (Å²) >= 11 is 0. The van der Waals surface area contributed by atoms with Crippen molar-refractivity contribution >= 4 is 11.6 Å². The number of carbonyl (C=O) groups is 1. The first-order valence-electron chi connectivity index (χ1n) is 8.91. The Bertz CT molecular complexity index is 513. The molecule has 5 heteroatoms. The maximum atomic E-state index is 13.0. The van der Waals surface area contributed by atoms with Gasteiger partial charge in [-0.1, -0.05) is 13.3 Å². The van der Waals surface area contributed by atoms with Gasteiger partial charge in [-0.25, -0.2) is 4.39 Å². The van der Waals surface area contributed by atoms with E-state index in [1.165, 1.54) is 12.1 Å². The van der Waals surface area contributed by atoms with Gasteiger partial charge in [0.05, 0.1) is 0 Å². The second-order valence-electron chi connectivity index (χ2n) is 6.51. The molecule has 0 saturated carbocycles. The maximum Gasteiger partial charge on any atom is 0.251 e. The van der Waals surface area contributed by atoms with Gasteiger partial charge in [0.15, 0.2) is 0 Å². The Balaban J connectivity index is 1.82. The Labute approximate surface area is 144 Å². The summed E-state index contributed by atoms with van der Waals surface area (Å²) in [5.41, 5.74) is 1.04. The molecule has 134 valence electrons. The second-order valence-corrected chi connectivity index (χ2v) is 6.51. The number of carbonyl (C=O) groups excluding carboxylic acids is 1. The van der Waals surface area contributed by atoms with Crippen LogP contribution in [0.2, 0.25) is 0 Å². The number of nitrogens with zero attached hydrogens (tertiary/aromatic N) is 2. The number of ether oxygens (including phenoxy) is 1. The number of halogens is 1. The summed E-state index contributed by atoms with van der Waals surface area (Å²) in [6.07, 6.45) is 3.51. The summed E-state index contributed by atoms with van der Waals surface area (Å²) in [6.45, 7) is 6.33. The average molecular weight is 336 g/mol. The summed E-state index contributed by atoms with van der Waals surface area (Å²) in [6, 6.07) is 6.85. The average Bonchev–Trinajstić information content (AvgIpc) is 2.61. The Morgan fingerprint density at radius 2 is 1.96 bits per heavy atom. The van der Waals surface area contributed by atoms with Crippen LogP contribution < -0.4 is 4.90 Å². The van der Waals surface area contributed by atoms with E-state index in [9.17, 15) is 9.18 Å². The van der Waals surface area contributed by atoms with Gasteiger partial charge in [0.2, 0.25) is 0 Å². The van der Waals surface area contributed by atoms with Gasteiger partial charge in [0.1, 0.15) is 11.9 Å². The molecule has 0 aromatic heterocycles. The number of unbranched alkanes of at least 4 members (excludes halogenated alkanes) is 1. The van der Waals surface area contributed by atoms with Gasteiger partial charge in [-0.3, -0.25) is 4.79 Å². The number of piperidine rings is 1. The van der Waals surface area contributed by atoms with Crippen LogP contribution >= 0.6 is 0 Å². The number of anilines is 1. The highest BCUT2D eigenvalue weighted by atomic mass is 19.1. The molecule has 1 aliphatic rings. The highest BCUT2D eigenvalue weighted by Gasteiger charge is 2.28. The molecule has 0 spiro atoms. The summed E-state index contributed by atoms with van der Waals surface area (Å²) in [5, 5.41) is 0. The van der Waals surface area contributed by atoms with Gasteiger partial charge < -0.3 is 14.5 Å². The number of hydrogen-bond donors (Lipinski definition) is 0. The molecule has 4 nitrogen and oxygen atoms in total. The van der Waals surface area contributed by atoms with E-state index >= 15 is 0 Å². The van der Waals surface area contributed by atoms with Crippen LogP contribution in [0.5, 0.6) is 0 Å². The lowest BCUT2D eigenvalue weighted by atomic mass is 10.0. The third-order valence-corrected chi connectivity index (χ3v) is 4.77. The molecule has 2 rings (SSSR count). The molecule has 1 aliphatic heterocycles. The first-order chi connectivity index (χ1) is 11.5. The third kappa shape index (κ3) is 4.94. The molecule has 0 aliphatic carbocycles. The Morgan fingerprint density at radius 3 is 2.54 bits per heavy atom. The zero-order valence-electron chi connectivity index (χ0n) is 15.0. The molecule has 1 aromatic carbocycles. The number of amides is 1. The Morgan fingerprint density at radius 1 is 1.33 bits per heavy atom. The summed E-state index contributed by atoms with van der Waals surface area (Å²) in [7, 11) is 1.88. The minimum Gasteiger partial charge on any atom is -0.371 e. The van der Waals surface area contributed by atoms with Crippen LogP contribution in [0.3, 0.4) is 0 Å². The van der Waals surface area contributed by atoms with Crippen LogP contribution in [0.1, 0.15) is 39.5 Å². The van der Waals surface area contributed by atoms with Crippen molar-refractivity contribution in [1.82, 2.24) is 4.90 Å². The third-order valence-electron chi connectivity index (χ3n) is 4.77. The standard InChI is InChI=1S/C19H29FN2O2/c1-4-5-14-24-15(2)19(23)21(3)17-10-12-22(13-11-17)18-8-6-16(20)7-9-18/h6-9,15,17H,4-5,10-14H2,1-3H3. The molecule has 1 unspecified atom stereocenters. The summed E-state index contributed by atoms with van der Waals surface area (Å²) in [5.74, 6) is -0.151. The molecule has 1 fully saturated rings. The van der Waals surface area contributed by atoms with Crippen molar-refractivity contribution < 1.29 is 13.9 Å². The lowest BCUT2D eigenvalue weighted by Gasteiger charge is -2.38. The fourth-order valence-electron chi connectivity index (χ4n) is 3.11. The van der Waals surface area contributed by atoms with E-state index in [0.717, 1.165) is 44.5 Å². The van der Waals surface area contributed by atoms with Crippen LogP contribution in [0.4, 0.5) is 10.1 Å². The largest absolute Gasteiger partial charge is 0.371 e. The lowest BCUT2D eigenvalue weighted by Crippen LogP contribution is -2.48. The van der Waals surface area contributed by atoms with Crippen molar-refractivity contribution in [3.8, 4) is 0 Å². The van der Waals surface area contributed by atoms with Gasteiger partial charge >= 0.3 is 0 Å². The molecule has 24 heavy (non-hydrogen) atoms. The van der Waals surface area contributed by atoms with Crippen molar-refractivity contribution in [2.24, 2.45) is 0 Å². The van der Waals surface area contributed by atoms with Crippen LogP contribution in [-0.4, -0.2) is 49.7 Å². The van der Waals surface area contributed by atoms with E-state index in [1.807, 2.05) is 31.0 Å². The first kappa shape index (κ1) is 18.7. The Hall–Kier alpha value is -1.62. The normalized spacial score (nSPS) is 16.9. The predicted octanol–water partition coefficient (Wildman–Crippen LogP) is 3.46. The molecule has 0 radical (unpaired) electrons. The van der Waals surface area contributed by atoms with Crippen molar-refractivity contribution in [3.05, 3.63) is 30.1 Å². The molecular weight excluding hydrogens is 307 g/mol. The number of hydrogen-bond acceptors (Lipinski definition) is 3. The van der Waals surface area contributed by atoms with E-state index in [1.54, 1.807) is 0 Å². The number of rotatable bonds is 7. The van der Waals surface area contributed by atoms with Crippen molar-refractivity contribution in [3.63, 3.8) is 0 Å². The van der Waals surface area contributed by atoms with Crippen molar-refractivity contribution in [1.29, 1.82) is 0 Å². The molecule has 1 atom stereocenters. The molecule has 1 aromatic rings. The van der Waals surface area contributed by atoms with Crippen molar-refractivity contribution in [2.75, 3.05) is 31.6 Å². The summed E-state index contributed by atoms with van der Waals surface area (Å²) in [4.78, 5) is 16.6. The smallest absolute Gasteiger partial charge is 0.251 e. The predicted molar refractivity (Wildman–Crippen MR) is 94.7 cm³/mol. The van der Waals surface area contributed by atoms with Gasteiger partial charge in [-0.15, -0.1) is 0 Å². The van der Waals surface area contributed by atoms with Crippen molar-refractivity contribution in [2.45, 2.75) is 51.7 Å². The van der Waals surface area contributed by atoms with E-state index in [-0.39, 0.29) is 23.9 Å². The second kappa shape index (κ2) is 9.02. The summed E-state index contributed by atoms with van der Waals surface area (Å²) < 4.78 is 18.6. The van der Waals surface area contributed by atoms with Gasteiger partial charge in [-0.05, 0) is 50.5 Å². The topological polar surface area (TPSA) is 32.8 Å². The number of benzene rings is 1. The number of likely N-dealkylation sites (N-methyl/N-ethyl adjacent to an activating group) is 1. The lowest BCUT2D eigenvalue weighted by molar-refractivity contribution is -0.143. The first-order valence-corrected chi connectivity index (χ1v) is 8.91. The van der Waals surface area contributed by atoms with Crippen LogP contribution in [0, 0.1) is 5.82 Å². The molecule has 1 amide bonds. The van der Waals surface area contributed by atoms with Crippen LogP contribution in [0.15, 0.2) is 24.3 Å². The minimum absolute atomic E-state index is 0.0614. The monoisotopic (exact) mass is 336 g/mol. The molecule has 1 heterocycles. The van der Waals surface area contributed by atoms with E-state index in [2.05, 4.69) is 11.8 Å². The molecular formula is C19H29FN2O2. The quantitative estimate of drug-likeness (QED) is 0.715. The van der Waals surface area contributed by atoms with E-state index in [0.29, 0.717) is 6.61 Å². The highest BCUT2D eigenvalue weighted by Crippen LogP contribution is 2.23. The maximum absolute atomic E-state index is 13.0. The van der Waals surface area contributed by atoms with Gasteiger partial charge in [0.25, 0.3) is 5.91 Å². The minimum atomic E-state index is -0.378. The van der Waals surface area contributed by atoms with Gasteiger partial charge in [-0.2, -0.15) is 0 Å². The van der Waals surface area contributed by atoms with E-state index in [4.69, 9.17) is 4.74 Å². The SMILES string of the molecule is CCCCOC(C)C(=O)N(C)C1CCN(c2ccc(F)cc2)CC1. The molecule has 1 saturated heterocycles. The zero-order chi connectivity index (χ0) is 17.5. The van der Waals surface area contributed by atoms with E-state index < -0.39 is 0 Å². The molecule has 0 N–H and O–H groups in total. The Kier molecular flexibility index (Phi) is 7.03. The fraction of sp³-hybridized carbons (Fsp3) is 0.632. The van der Waals surface area contributed by atoms with Gasteiger partial charge in [0, 0.05) is 38.5 Å². The molecule has 0 bridgehead atoms. The van der Waals surface area contributed by atoms with Crippen LogP contribution in [0.25, 0.3) is 0 Å². The highest BCUT2D eigenvalue weighted by molar-refractivity contribution is 5.80. The van der Waals surface area contributed by atoms with Crippen LogP contribution in [-0.2, 0) is 9.53 Å². The fourth-order valence-corrected chi connectivity index (χ4v) is 3.11.